The van der Waals surface area contributed by atoms with Crippen molar-refractivity contribution in [3.63, 3.8) is 0 Å². The summed E-state index contributed by atoms with van der Waals surface area (Å²) in [6.07, 6.45) is -4.96. The predicted octanol–water partition coefficient (Wildman–Crippen LogP) is 3.96. The Labute approximate surface area is 205 Å². The fourth-order valence-corrected chi connectivity index (χ4v) is 6.32. The zero-order valence-corrected chi connectivity index (χ0v) is 19.7. The minimum Gasteiger partial charge on any atom is -0.611 e. The van der Waals surface area contributed by atoms with Crippen LogP contribution in [0.15, 0.2) is 83.8 Å². The van der Waals surface area contributed by atoms with Crippen LogP contribution in [-0.4, -0.2) is 28.3 Å². The molecule has 0 aliphatic carbocycles. The summed E-state index contributed by atoms with van der Waals surface area (Å²) in [5, 5.41) is 0. The second-order valence-electron chi connectivity index (χ2n) is 8.31. The number of rotatable bonds is 6. The van der Waals surface area contributed by atoms with Crippen molar-refractivity contribution in [2.75, 3.05) is 5.75 Å². The Morgan fingerprint density at radius 2 is 1.37 bits per heavy atom. The lowest BCUT2D eigenvalue weighted by atomic mass is 9.68. The van der Waals surface area contributed by atoms with E-state index in [1.54, 1.807) is 78.9 Å². The van der Waals surface area contributed by atoms with Crippen molar-refractivity contribution in [1.29, 1.82) is 0 Å². The lowest BCUT2D eigenvalue weighted by Gasteiger charge is -2.45. The quantitative estimate of drug-likeness (QED) is 0.498. The topological polar surface area (TPSA) is 145 Å². The molecular weight excluding hydrogens is 468 g/mol. The van der Waals surface area contributed by atoms with Crippen molar-refractivity contribution in [1.82, 2.24) is 0 Å². The molecule has 0 saturated heterocycles. The standard InChI is InChI=1S/C26H24N2O6S/c1-16-12-13-19-20(14-16)35(32)15-26(21(19)29,22(33-24(27)30)17-8-4-2-5-9-17)23(34-25(28)31)18-10-6-3-7-11-18/h2-14,22-23H,15H2,1H3,(H2,27,30)(H2,28,31). The molecule has 1 aliphatic rings. The fourth-order valence-electron chi connectivity index (χ4n) is 4.57. The van der Waals surface area contributed by atoms with Crippen LogP contribution in [0.25, 0.3) is 0 Å². The number of Topliss-reactive ketones (excluding diaryl/α,β-unsaturated/α-hetero) is 1. The molecule has 1 heterocycles. The van der Waals surface area contributed by atoms with Crippen LogP contribution in [0.4, 0.5) is 9.59 Å². The molecule has 35 heavy (non-hydrogen) atoms. The van der Waals surface area contributed by atoms with Gasteiger partial charge in [-0.25, -0.2) is 9.59 Å². The molecule has 9 heteroatoms. The Morgan fingerprint density at radius 3 is 1.83 bits per heavy atom. The summed E-state index contributed by atoms with van der Waals surface area (Å²) in [7, 11) is 0. The Morgan fingerprint density at radius 1 is 0.886 bits per heavy atom. The zero-order valence-electron chi connectivity index (χ0n) is 18.9. The number of aryl methyl sites for hydroxylation is 1. The van der Waals surface area contributed by atoms with Gasteiger partial charge in [0.15, 0.2) is 28.3 Å². The van der Waals surface area contributed by atoms with Gasteiger partial charge in [0.25, 0.3) is 0 Å². The summed E-state index contributed by atoms with van der Waals surface area (Å²) in [5.74, 6) is -0.806. The van der Waals surface area contributed by atoms with Crippen LogP contribution in [0.3, 0.4) is 0 Å². The highest BCUT2D eigenvalue weighted by atomic mass is 32.2. The van der Waals surface area contributed by atoms with Crippen molar-refractivity contribution >= 4 is 29.1 Å². The van der Waals surface area contributed by atoms with Crippen molar-refractivity contribution in [3.05, 3.63) is 101 Å². The molecule has 0 aromatic heterocycles. The van der Waals surface area contributed by atoms with Gasteiger partial charge in [0.1, 0.15) is 5.75 Å². The number of carbonyl (C=O) groups excluding carboxylic acids is 3. The third kappa shape index (κ3) is 4.60. The number of ether oxygens (including phenoxy) is 2. The van der Waals surface area contributed by atoms with E-state index in [4.69, 9.17) is 20.9 Å². The molecule has 3 atom stereocenters. The Kier molecular flexibility index (Phi) is 6.81. The molecule has 2 amide bonds. The van der Waals surface area contributed by atoms with Gasteiger partial charge in [0.2, 0.25) is 0 Å². The first kappa shape index (κ1) is 24.3. The minimum atomic E-state index is -1.83. The SMILES string of the molecule is Cc1ccc2c(c1)[S+]([O-])CC(C(OC(N)=O)c1ccccc1)(C(OC(N)=O)c1ccccc1)C2=O. The van der Waals surface area contributed by atoms with Crippen LogP contribution in [0.1, 0.15) is 39.3 Å². The Bertz CT molecular complexity index is 1190. The second-order valence-corrected chi connectivity index (χ2v) is 9.73. The van der Waals surface area contributed by atoms with E-state index in [1.807, 2.05) is 6.92 Å². The van der Waals surface area contributed by atoms with Crippen molar-refractivity contribution < 1.29 is 28.4 Å². The van der Waals surface area contributed by atoms with Gasteiger partial charge in [0, 0.05) is 0 Å². The van der Waals surface area contributed by atoms with Crippen molar-refractivity contribution in [2.24, 2.45) is 16.9 Å². The average molecular weight is 493 g/mol. The summed E-state index contributed by atoms with van der Waals surface area (Å²) in [6.45, 7) is 1.83. The number of hydrogen-bond acceptors (Lipinski definition) is 6. The molecule has 180 valence electrons. The Hall–Kier alpha value is -3.82. The summed E-state index contributed by atoms with van der Waals surface area (Å²) >= 11 is -1.72. The van der Waals surface area contributed by atoms with E-state index in [-0.39, 0.29) is 11.3 Å². The van der Waals surface area contributed by atoms with Gasteiger partial charge in [-0.2, -0.15) is 0 Å². The maximum absolute atomic E-state index is 14.4. The predicted molar refractivity (Wildman–Crippen MR) is 129 cm³/mol. The molecule has 8 nitrogen and oxygen atoms in total. The normalized spacial score (nSPS) is 20.9. The van der Waals surface area contributed by atoms with E-state index >= 15 is 0 Å². The van der Waals surface area contributed by atoms with Crippen molar-refractivity contribution in [3.8, 4) is 0 Å². The van der Waals surface area contributed by atoms with Crippen LogP contribution >= 0.6 is 0 Å². The van der Waals surface area contributed by atoms with Gasteiger partial charge < -0.3 is 25.5 Å². The van der Waals surface area contributed by atoms with Crippen LogP contribution in [-0.2, 0) is 20.6 Å². The molecule has 0 bridgehead atoms. The van der Waals surface area contributed by atoms with E-state index in [9.17, 15) is 18.9 Å². The average Bonchev–Trinajstić information content (AvgIpc) is 2.84. The lowest BCUT2D eigenvalue weighted by molar-refractivity contribution is -0.0499. The lowest BCUT2D eigenvalue weighted by Crippen LogP contribution is -2.53. The highest BCUT2D eigenvalue weighted by Gasteiger charge is 2.63. The van der Waals surface area contributed by atoms with Gasteiger partial charge in [-0.15, -0.1) is 0 Å². The summed E-state index contributed by atoms with van der Waals surface area (Å²) < 4.78 is 24.8. The number of fused-ring (bicyclic) bond motifs is 1. The molecule has 0 radical (unpaired) electrons. The molecular formula is C26H24N2O6S. The van der Waals surface area contributed by atoms with Crippen LogP contribution < -0.4 is 11.5 Å². The number of benzene rings is 3. The molecule has 0 saturated carbocycles. The van der Waals surface area contributed by atoms with E-state index < -0.39 is 46.8 Å². The van der Waals surface area contributed by atoms with E-state index in [1.165, 1.54) is 0 Å². The number of amides is 2. The first-order valence-electron chi connectivity index (χ1n) is 10.8. The first-order valence-corrected chi connectivity index (χ1v) is 12.1. The minimum absolute atomic E-state index is 0.184. The van der Waals surface area contributed by atoms with Crippen molar-refractivity contribution in [2.45, 2.75) is 24.0 Å². The summed E-state index contributed by atoms with van der Waals surface area (Å²) in [4.78, 5) is 39.0. The fraction of sp³-hybridized carbons (Fsp3) is 0.192. The summed E-state index contributed by atoms with van der Waals surface area (Å²) in [5.41, 5.74) is 10.9. The van der Waals surface area contributed by atoms with E-state index in [0.29, 0.717) is 16.0 Å². The molecule has 3 aromatic rings. The van der Waals surface area contributed by atoms with Gasteiger partial charge in [-0.05, 0) is 46.9 Å². The number of carbonyl (C=O) groups is 3. The number of hydrogen-bond donors (Lipinski definition) is 2. The maximum atomic E-state index is 14.4. The molecule has 4 N–H and O–H groups in total. The van der Waals surface area contributed by atoms with Crippen LogP contribution in [0.5, 0.6) is 0 Å². The maximum Gasteiger partial charge on any atom is 0.405 e. The van der Waals surface area contributed by atoms with Gasteiger partial charge in [0.05, 0.1) is 5.56 Å². The molecule has 0 fully saturated rings. The van der Waals surface area contributed by atoms with Gasteiger partial charge >= 0.3 is 12.2 Å². The number of ketones is 1. The largest absolute Gasteiger partial charge is 0.611 e. The number of nitrogens with two attached hydrogens (primary N) is 2. The zero-order chi connectivity index (χ0) is 25.2. The summed E-state index contributed by atoms with van der Waals surface area (Å²) in [6, 6.07) is 21.9. The van der Waals surface area contributed by atoms with E-state index in [2.05, 4.69) is 0 Å². The molecule has 3 unspecified atom stereocenters. The van der Waals surface area contributed by atoms with E-state index in [0.717, 1.165) is 5.56 Å². The monoisotopic (exact) mass is 492 g/mol. The van der Waals surface area contributed by atoms with Gasteiger partial charge in [-0.3, -0.25) is 4.79 Å². The Balaban J connectivity index is 2.04. The molecule has 1 aliphatic heterocycles. The molecule has 3 aromatic carbocycles. The molecule has 4 rings (SSSR count). The smallest absolute Gasteiger partial charge is 0.405 e. The third-order valence-corrected chi connectivity index (χ3v) is 7.60. The highest BCUT2D eigenvalue weighted by molar-refractivity contribution is 7.91. The highest BCUT2D eigenvalue weighted by Crippen LogP contribution is 2.54. The first-order chi connectivity index (χ1) is 16.7. The van der Waals surface area contributed by atoms with Gasteiger partial charge in [-0.1, -0.05) is 66.7 Å². The van der Waals surface area contributed by atoms with Crippen LogP contribution in [0.2, 0.25) is 0 Å². The number of primary amides is 2. The van der Waals surface area contributed by atoms with Crippen LogP contribution in [0, 0.1) is 12.3 Å². The molecule has 0 spiro atoms. The second kappa shape index (κ2) is 9.81. The third-order valence-electron chi connectivity index (χ3n) is 6.03.